The smallest absolute Gasteiger partial charge is 0.280 e. The Kier molecular flexibility index (Phi) is 7.79. The van der Waals surface area contributed by atoms with Crippen LogP contribution >= 0.6 is 11.3 Å². The van der Waals surface area contributed by atoms with Crippen molar-refractivity contribution in [2.75, 3.05) is 5.32 Å². The van der Waals surface area contributed by atoms with Gasteiger partial charge in [0.05, 0.1) is 11.8 Å². The predicted octanol–water partition coefficient (Wildman–Crippen LogP) is 4.75. The van der Waals surface area contributed by atoms with Crippen molar-refractivity contribution in [3.05, 3.63) is 87.8 Å². The third-order valence-corrected chi connectivity index (χ3v) is 7.97. The molecular weight excluding hydrogens is 528 g/mol. The highest BCUT2D eigenvalue weighted by atomic mass is 32.1. The maximum absolute atomic E-state index is 12.9. The van der Waals surface area contributed by atoms with Gasteiger partial charge in [-0.25, -0.2) is 5.43 Å². The highest BCUT2D eigenvalue weighted by molar-refractivity contribution is 7.17. The molecule has 1 aliphatic carbocycles. The summed E-state index contributed by atoms with van der Waals surface area (Å²) in [6.07, 6.45) is 4.23. The number of carbonyl (C=O) groups excluding carboxylic acids is 3. The number of hydrazone groups is 1. The molecule has 0 spiro atoms. The molecule has 1 aliphatic rings. The van der Waals surface area contributed by atoms with Crippen molar-refractivity contribution in [1.82, 2.24) is 5.43 Å². The molecular formula is C30H28N4O5S. The lowest BCUT2D eigenvalue weighted by Gasteiger charge is -2.13. The van der Waals surface area contributed by atoms with Crippen molar-refractivity contribution in [1.29, 1.82) is 0 Å². The van der Waals surface area contributed by atoms with E-state index in [-0.39, 0.29) is 11.7 Å². The maximum Gasteiger partial charge on any atom is 0.280 e. The number of nitrogens with one attached hydrogen (secondary N) is 2. The zero-order valence-electron chi connectivity index (χ0n) is 21.8. The summed E-state index contributed by atoms with van der Waals surface area (Å²) in [7, 11) is 0. The number of ether oxygens (including phenoxy) is 1. The average Bonchev–Trinajstić information content (AvgIpc) is 3.32. The molecule has 0 radical (unpaired) electrons. The first-order valence-electron chi connectivity index (χ1n) is 12.9. The molecule has 3 aromatic carbocycles. The number of primary amides is 1. The van der Waals surface area contributed by atoms with Gasteiger partial charge < -0.3 is 20.9 Å². The van der Waals surface area contributed by atoms with Crippen molar-refractivity contribution in [3.63, 3.8) is 0 Å². The summed E-state index contributed by atoms with van der Waals surface area (Å²) < 4.78 is 5.71. The topological polar surface area (TPSA) is 143 Å². The van der Waals surface area contributed by atoms with Crippen molar-refractivity contribution in [3.8, 4) is 11.5 Å². The Labute approximate surface area is 234 Å². The summed E-state index contributed by atoms with van der Waals surface area (Å²) in [6, 6.07) is 17.2. The lowest BCUT2D eigenvalue weighted by atomic mass is 9.95. The Bertz CT molecular complexity index is 1630. The van der Waals surface area contributed by atoms with Gasteiger partial charge in [-0.3, -0.25) is 14.4 Å². The number of nitrogens with two attached hydrogens (primary N) is 1. The fourth-order valence-electron chi connectivity index (χ4n) is 4.70. The number of benzene rings is 3. The van der Waals surface area contributed by atoms with Gasteiger partial charge in [0.25, 0.3) is 17.7 Å². The van der Waals surface area contributed by atoms with Gasteiger partial charge in [0.2, 0.25) is 0 Å². The van der Waals surface area contributed by atoms with Crippen molar-refractivity contribution in [2.45, 2.75) is 38.7 Å². The van der Waals surface area contributed by atoms with Crippen molar-refractivity contribution >= 4 is 51.0 Å². The number of phenolic OH excluding ortho intramolecular Hbond substituents is 1. The van der Waals surface area contributed by atoms with Gasteiger partial charge >= 0.3 is 0 Å². The lowest BCUT2D eigenvalue weighted by Crippen LogP contribution is -2.33. The molecule has 4 aromatic rings. The standard InChI is InChI=1S/C30H28N4O5S/c1-17(28(37)34-32-16-23-21-7-3-2-6-18(21)12-15-24(23)35)39-20-13-10-19(11-14-20)29(38)33-30-26(27(31)36)22-8-4-5-9-25(22)40-30/h2-3,6-7,10-17,35H,4-5,8-9H2,1H3,(H2,31,36)(H,33,38)(H,34,37)/b32-16+/t17-/m1/s1. The fourth-order valence-corrected chi connectivity index (χ4v) is 5.99. The van der Waals surface area contributed by atoms with Gasteiger partial charge in [-0.15, -0.1) is 11.3 Å². The summed E-state index contributed by atoms with van der Waals surface area (Å²) in [5.74, 6) is -0.958. The first-order chi connectivity index (χ1) is 19.3. The number of nitrogens with zero attached hydrogens (tertiary/aromatic N) is 1. The van der Waals surface area contributed by atoms with Crippen molar-refractivity contribution < 1.29 is 24.2 Å². The molecule has 9 nitrogen and oxygen atoms in total. The van der Waals surface area contributed by atoms with Crippen LogP contribution in [0.3, 0.4) is 0 Å². The Hall–Kier alpha value is -4.70. The minimum absolute atomic E-state index is 0.0506. The Morgan fingerprint density at radius 3 is 2.58 bits per heavy atom. The molecule has 40 heavy (non-hydrogen) atoms. The molecule has 5 rings (SSSR count). The normalized spacial score (nSPS) is 13.5. The van der Waals surface area contributed by atoms with Crippen LogP contribution in [0.5, 0.6) is 11.5 Å². The quantitative estimate of drug-likeness (QED) is 0.183. The van der Waals surface area contributed by atoms with Crippen LogP contribution in [0.15, 0.2) is 65.8 Å². The molecule has 1 atom stereocenters. The molecule has 0 fully saturated rings. The van der Waals surface area contributed by atoms with Crippen LogP contribution in [-0.4, -0.2) is 35.1 Å². The number of carbonyl (C=O) groups is 3. The summed E-state index contributed by atoms with van der Waals surface area (Å²) >= 11 is 1.41. The van der Waals surface area contributed by atoms with Gasteiger partial charge in [0.15, 0.2) is 6.10 Å². The van der Waals surface area contributed by atoms with Gasteiger partial charge in [-0.2, -0.15) is 5.10 Å². The number of aromatic hydroxyl groups is 1. The molecule has 0 saturated carbocycles. The molecule has 0 aliphatic heterocycles. The molecule has 10 heteroatoms. The molecule has 1 aromatic heterocycles. The first-order valence-corrected chi connectivity index (χ1v) is 13.7. The number of rotatable bonds is 8. The van der Waals surface area contributed by atoms with E-state index in [2.05, 4.69) is 15.8 Å². The summed E-state index contributed by atoms with van der Waals surface area (Å²) in [5, 5.41) is 19.3. The van der Waals surface area contributed by atoms with E-state index in [4.69, 9.17) is 10.5 Å². The second-order valence-corrected chi connectivity index (χ2v) is 10.6. The van der Waals surface area contributed by atoms with E-state index in [0.29, 0.717) is 27.4 Å². The number of phenols is 1. The monoisotopic (exact) mass is 556 g/mol. The van der Waals surface area contributed by atoms with E-state index in [9.17, 15) is 19.5 Å². The molecule has 3 amide bonds. The van der Waals surface area contributed by atoms with E-state index in [1.165, 1.54) is 17.6 Å². The third-order valence-electron chi connectivity index (χ3n) is 6.76. The average molecular weight is 557 g/mol. The van der Waals surface area contributed by atoms with Crippen LogP contribution in [0.2, 0.25) is 0 Å². The van der Waals surface area contributed by atoms with Crippen molar-refractivity contribution in [2.24, 2.45) is 10.8 Å². The molecule has 0 saturated heterocycles. The Balaban J connectivity index is 1.19. The number of thiophene rings is 1. The highest BCUT2D eigenvalue weighted by Crippen LogP contribution is 2.38. The number of hydrogen-bond donors (Lipinski definition) is 4. The fraction of sp³-hybridized carbons (Fsp3) is 0.200. The largest absolute Gasteiger partial charge is 0.507 e. The minimum Gasteiger partial charge on any atom is -0.507 e. The zero-order chi connectivity index (χ0) is 28.2. The Morgan fingerprint density at radius 1 is 1.05 bits per heavy atom. The van der Waals surface area contributed by atoms with Crippen LogP contribution in [0, 0.1) is 0 Å². The third kappa shape index (κ3) is 5.67. The number of amides is 3. The maximum atomic E-state index is 12.9. The second kappa shape index (κ2) is 11.6. The summed E-state index contributed by atoms with van der Waals surface area (Å²) in [5.41, 5.74) is 10.3. The van der Waals surface area contributed by atoms with Crippen LogP contribution < -0.4 is 21.2 Å². The molecule has 204 valence electrons. The van der Waals surface area contributed by atoms with Gasteiger partial charge in [-0.1, -0.05) is 30.3 Å². The molecule has 0 bridgehead atoms. The minimum atomic E-state index is -0.881. The predicted molar refractivity (Wildman–Crippen MR) is 155 cm³/mol. The second-order valence-electron chi connectivity index (χ2n) is 9.47. The van der Waals surface area contributed by atoms with E-state index >= 15 is 0 Å². The summed E-state index contributed by atoms with van der Waals surface area (Å²) in [6.45, 7) is 1.57. The number of anilines is 1. The summed E-state index contributed by atoms with van der Waals surface area (Å²) in [4.78, 5) is 38.6. The Morgan fingerprint density at radius 2 is 1.80 bits per heavy atom. The van der Waals surface area contributed by atoms with Crippen LogP contribution in [0.1, 0.15) is 56.5 Å². The van der Waals surface area contributed by atoms with E-state index in [1.54, 1.807) is 43.3 Å². The van der Waals surface area contributed by atoms with Gasteiger partial charge in [0.1, 0.15) is 16.5 Å². The van der Waals surface area contributed by atoms with Crippen LogP contribution in [0.4, 0.5) is 5.00 Å². The lowest BCUT2D eigenvalue weighted by molar-refractivity contribution is -0.127. The highest BCUT2D eigenvalue weighted by Gasteiger charge is 2.25. The van der Waals surface area contributed by atoms with E-state index < -0.39 is 17.9 Å². The number of hydrogen-bond acceptors (Lipinski definition) is 7. The first kappa shape index (κ1) is 26.9. The zero-order valence-corrected chi connectivity index (χ0v) is 22.6. The van der Waals surface area contributed by atoms with E-state index in [0.717, 1.165) is 46.9 Å². The van der Waals surface area contributed by atoms with Gasteiger partial charge in [-0.05, 0) is 79.3 Å². The molecule has 1 heterocycles. The van der Waals surface area contributed by atoms with Crippen LogP contribution in [0.25, 0.3) is 10.8 Å². The number of aryl methyl sites for hydroxylation is 1. The number of fused-ring (bicyclic) bond motifs is 2. The molecule has 0 unspecified atom stereocenters. The van der Waals surface area contributed by atoms with Crippen LogP contribution in [-0.2, 0) is 17.6 Å². The molecule has 5 N–H and O–H groups in total. The SMILES string of the molecule is C[C@@H](Oc1ccc(C(=O)Nc2sc3c(c2C(N)=O)CCCC3)cc1)C(=O)N/N=C/c1c(O)ccc2ccccc12. The van der Waals surface area contributed by atoms with E-state index in [1.807, 2.05) is 24.3 Å². The van der Waals surface area contributed by atoms with Gasteiger partial charge in [0, 0.05) is 16.0 Å².